The standard InChI is InChI=1S/C12H23NO/c1-5-7-11-8-12(11,10(3)6-2)13(4)9-14/h9-11H,5-8H2,1-4H3/t10?,11-,12-/m0/s1. The normalized spacial score (nSPS) is 32.4. The minimum Gasteiger partial charge on any atom is -0.342 e. The summed E-state index contributed by atoms with van der Waals surface area (Å²) in [7, 11) is 1.94. The second-order valence-electron chi connectivity index (χ2n) is 4.71. The Morgan fingerprint density at radius 3 is 2.64 bits per heavy atom. The molecular formula is C12H23NO. The zero-order valence-electron chi connectivity index (χ0n) is 9.92. The van der Waals surface area contributed by atoms with Gasteiger partial charge in [-0.05, 0) is 24.7 Å². The van der Waals surface area contributed by atoms with E-state index in [0.29, 0.717) is 5.92 Å². The molecule has 2 heteroatoms. The SMILES string of the molecule is CCC[C@H]1C[C@@]1(C(C)CC)N(C)C=O. The molecule has 1 aliphatic rings. The molecule has 82 valence electrons. The highest BCUT2D eigenvalue weighted by atomic mass is 16.1. The number of hydrogen-bond donors (Lipinski definition) is 0. The first kappa shape index (κ1) is 11.5. The molecule has 0 radical (unpaired) electrons. The van der Waals surface area contributed by atoms with E-state index in [1.165, 1.54) is 25.7 Å². The smallest absolute Gasteiger partial charge is 0.209 e. The van der Waals surface area contributed by atoms with Gasteiger partial charge in [-0.2, -0.15) is 0 Å². The van der Waals surface area contributed by atoms with Crippen LogP contribution in [0.1, 0.15) is 46.5 Å². The van der Waals surface area contributed by atoms with Crippen molar-refractivity contribution in [3.8, 4) is 0 Å². The molecule has 1 rings (SSSR count). The average molecular weight is 197 g/mol. The van der Waals surface area contributed by atoms with Crippen LogP contribution in [-0.4, -0.2) is 23.9 Å². The Morgan fingerprint density at radius 2 is 2.21 bits per heavy atom. The van der Waals surface area contributed by atoms with Crippen molar-refractivity contribution in [1.82, 2.24) is 4.90 Å². The minimum absolute atomic E-state index is 0.201. The van der Waals surface area contributed by atoms with E-state index in [1.54, 1.807) is 0 Å². The van der Waals surface area contributed by atoms with Crippen LogP contribution in [0.2, 0.25) is 0 Å². The molecule has 0 aromatic carbocycles. The van der Waals surface area contributed by atoms with Crippen molar-refractivity contribution in [2.75, 3.05) is 7.05 Å². The molecule has 1 fully saturated rings. The Labute approximate surface area is 87.7 Å². The molecule has 0 bridgehead atoms. The van der Waals surface area contributed by atoms with Crippen molar-refractivity contribution in [3.05, 3.63) is 0 Å². The van der Waals surface area contributed by atoms with Gasteiger partial charge in [0.1, 0.15) is 0 Å². The van der Waals surface area contributed by atoms with E-state index in [0.717, 1.165) is 12.3 Å². The summed E-state index contributed by atoms with van der Waals surface area (Å²) in [4.78, 5) is 12.8. The summed E-state index contributed by atoms with van der Waals surface area (Å²) >= 11 is 0. The Bertz CT molecular complexity index is 204. The lowest BCUT2D eigenvalue weighted by Gasteiger charge is -2.31. The molecule has 1 saturated carbocycles. The summed E-state index contributed by atoms with van der Waals surface area (Å²) in [5, 5.41) is 0. The molecule has 3 atom stereocenters. The molecule has 1 unspecified atom stereocenters. The van der Waals surface area contributed by atoms with Gasteiger partial charge in [0, 0.05) is 12.6 Å². The minimum atomic E-state index is 0.201. The zero-order valence-corrected chi connectivity index (χ0v) is 9.92. The molecule has 0 saturated heterocycles. The number of hydrogen-bond acceptors (Lipinski definition) is 1. The van der Waals surface area contributed by atoms with Gasteiger partial charge >= 0.3 is 0 Å². The Morgan fingerprint density at radius 1 is 1.57 bits per heavy atom. The lowest BCUT2D eigenvalue weighted by atomic mass is 9.92. The summed E-state index contributed by atoms with van der Waals surface area (Å²) in [5.41, 5.74) is 0.201. The van der Waals surface area contributed by atoms with Crippen LogP contribution in [0, 0.1) is 11.8 Å². The number of amides is 1. The van der Waals surface area contributed by atoms with Crippen molar-refractivity contribution >= 4 is 6.41 Å². The molecule has 0 heterocycles. The molecule has 0 spiro atoms. The quantitative estimate of drug-likeness (QED) is 0.599. The van der Waals surface area contributed by atoms with Gasteiger partial charge in [-0.25, -0.2) is 0 Å². The highest BCUT2D eigenvalue weighted by molar-refractivity contribution is 5.50. The fourth-order valence-corrected chi connectivity index (χ4v) is 2.87. The van der Waals surface area contributed by atoms with Gasteiger partial charge in [0.05, 0.1) is 0 Å². The van der Waals surface area contributed by atoms with Gasteiger partial charge in [-0.3, -0.25) is 4.79 Å². The molecular weight excluding hydrogens is 174 g/mol. The van der Waals surface area contributed by atoms with Crippen molar-refractivity contribution < 1.29 is 4.79 Å². The number of carbonyl (C=O) groups is 1. The Kier molecular flexibility index (Phi) is 3.57. The zero-order chi connectivity index (χ0) is 10.8. The molecule has 1 amide bonds. The largest absolute Gasteiger partial charge is 0.342 e. The number of rotatable bonds is 6. The topological polar surface area (TPSA) is 20.3 Å². The van der Waals surface area contributed by atoms with Gasteiger partial charge in [0.2, 0.25) is 6.41 Å². The summed E-state index contributed by atoms with van der Waals surface area (Å²) in [6.45, 7) is 6.71. The molecule has 0 N–H and O–H groups in total. The summed E-state index contributed by atoms with van der Waals surface area (Å²) in [6, 6.07) is 0. The third kappa shape index (κ3) is 1.67. The lowest BCUT2D eigenvalue weighted by molar-refractivity contribution is -0.121. The average Bonchev–Trinajstić information content (AvgIpc) is 2.92. The summed E-state index contributed by atoms with van der Waals surface area (Å²) in [5.74, 6) is 1.38. The molecule has 0 aromatic rings. The van der Waals surface area contributed by atoms with Crippen LogP contribution in [0.25, 0.3) is 0 Å². The first-order valence-electron chi connectivity index (χ1n) is 5.81. The molecule has 1 aliphatic carbocycles. The number of carbonyl (C=O) groups excluding carboxylic acids is 1. The highest BCUT2D eigenvalue weighted by Gasteiger charge is 2.58. The predicted molar refractivity (Wildman–Crippen MR) is 59.0 cm³/mol. The maximum atomic E-state index is 10.9. The van der Waals surface area contributed by atoms with Gasteiger partial charge in [0.15, 0.2) is 0 Å². The van der Waals surface area contributed by atoms with E-state index >= 15 is 0 Å². The van der Waals surface area contributed by atoms with E-state index in [1.807, 2.05) is 11.9 Å². The summed E-state index contributed by atoms with van der Waals surface area (Å²) < 4.78 is 0. The predicted octanol–water partition coefficient (Wildman–Crippen LogP) is 2.68. The monoisotopic (exact) mass is 197 g/mol. The fraction of sp³-hybridized carbons (Fsp3) is 0.917. The van der Waals surface area contributed by atoms with E-state index in [4.69, 9.17) is 0 Å². The van der Waals surface area contributed by atoms with Gasteiger partial charge in [-0.15, -0.1) is 0 Å². The Hall–Kier alpha value is -0.530. The third-order valence-electron chi connectivity index (χ3n) is 4.04. The van der Waals surface area contributed by atoms with Crippen LogP contribution >= 0.6 is 0 Å². The van der Waals surface area contributed by atoms with Crippen molar-refractivity contribution in [2.45, 2.75) is 52.0 Å². The van der Waals surface area contributed by atoms with Crippen molar-refractivity contribution in [3.63, 3.8) is 0 Å². The fourth-order valence-electron chi connectivity index (χ4n) is 2.87. The maximum absolute atomic E-state index is 10.9. The second kappa shape index (κ2) is 4.33. The van der Waals surface area contributed by atoms with Gasteiger partial charge < -0.3 is 4.90 Å². The van der Waals surface area contributed by atoms with E-state index < -0.39 is 0 Å². The van der Waals surface area contributed by atoms with Crippen LogP contribution in [0.5, 0.6) is 0 Å². The first-order valence-corrected chi connectivity index (χ1v) is 5.81. The Balaban J connectivity index is 2.69. The summed E-state index contributed by atoms with van der Waals surface area (Å²) in [6.07, 6.45) is 5.88. The number of nitrogens with zero attached hydrogens (tertiary/aromatic N) is 1. The molecule has 14 heavy (non-hydrogen) atoms. The van der Waals surface area contributed by atoms with Crippen LogP contribution in [0.15, 0.2) is 0 Å². The molecule has 0 aliphatic heterocycles. The second-order valence-corrected chi connectivity index (χ2v) is 4.71. The lowest BCUT2D eigenvalue weighted by Crippen LogP contribution is -2.40. The van der Waals surface area contributed by atoms with Crippen LogP contribution < -0.4 is 0 Å². The maximum Gasteiger partial charge on any atom is 0.209 e. The van der Waals surface area contributed by atoms with E-state index in [9.17, 15) is 4.79 Å². The van der Waals surface area contributed by atoms with Crippen molar-refractivity contribution in [2.24, 2.45) is 11.8 Å². The van der Waals surface area contributed by atoms with E-state index in [2.05, 4.69) is 20.8 Å². The molecule has 0 aromatic heterocycles. The van der Waals surface area contributed by atoms with Crippen molar-refractivity contribution in [1.29, 1.82) is 0 Å². The third-order valence-corrected chi connectivity index (χ3v) is 4.04. The van der Waals surface area contributed by atoms with Crippen LogP contribution in [-0.2, 0) is 4.79 Å². The van der Waals surface area contributed by atoms with Gasteiger partial charge in [-0.1, -0.05) is 33.6 Å². The highest BCUT2D eigenvalue weighted by Crippen LogP contribution is 2.55. The van der Waals surface area contributed by atoms with Gasteiger partial charge in [0.25, 0.3) is 0 Å². The molecule has 2 nitrogen and oxygen atoms in total. The van der Waals surface area contributed by atoms with E-state index in [-0.39, 0.29) is 5.54 Å². The first-order chi connectivity index (χ1) is 6.63. The van der Waals surface area contributed by atoms with Crippen LogP contribution in [0.4, 0.5) is 0 Å². The van der Waals surface area contributed by atoms with Crippen LogP contribution in [0.3, 0.4) is 0 Å².